The molecule has 1 saturated carbocycles. The van der Waals surface area contributed by atoms with Crippen LogP contribution in [-0.2, 0) is 6.42 Å². The van der Waals surface area contributed by atoms with Gasteiger partial charge in [-0.3, -0.25) is 0 Å². The van der Waals surface area contributed by atoms with E-state index in [1.54, 1.807) is 6.07 Å². The van der Waals surface area contributed by atoms with Crippen LogP contribution in [-0.4, -0.2) is 6.54 Å². The average molecular weight is 225 g/mol. The highest BCUT2D eigenvalue weighted by molar-refractivity contribution is 5.18. The van der Waals surface area contributed by atoms with Crippen molar-refractivity contribution in [3.63, 3.8) is 0 Å². The third-order valence-corrected chi connectivity index (χ3v) is 3.60. The minimum absolute atomic E-state index is 0.537. The van der Waals surface area contributed by atoms with E-state index in [4.69, 9.17) is 5.73 Å². The second-order valence-electron chi connectivity index (χ2n) is 4.64. The Balaban J connectivity index is 2.05. The second kappa shape index (κ2) is 4.91. The molecule has 0 amide bonds. The molecule has 1 fully saturated rings. The Kier molecular flexibility index (Phi) is 3.54. The van der Waals surface area contributed by atoms with E-state index in [1.165, 1.54) is 25.0 Å². The van der Waals surface area contributed by atoms with E-state index in [1.807, 2.05) is 0 Å². The molecule has 2 unspecified atom stereocenters. The molecule has 88 valence electrons. The van der Waals surface area contributed by atoms with Gasteiger partial charge >= 0.3 is 0 Å². The van der Waals surface area contributed by atoms with Gasteiger partial charge in [0.15, 0.2) is 11.6 Å². The molecule has 0 saturated heterocycles. The van der Waals surface area contributed by atoms with Crippen LogP contribution in [0.5, 0.6) is 0 Å². The average Bonchev–Trinajstić information content (AvgIpc) is 2.71. The summed E-state index contributed by atoms with van der Waals surface area (Å²) >= 11 is 0. The van der Waals surface area contributed by atoms with Gasteiger partial charge in [0.25, 0.3) is 0 Å². The van der Waals surface area contributed by atoms with Crippen LogP contribution in [0.25, 0.3) is 0 Å². The largest absolute Gasteiger partial charge is 0.330 e. The molecule has 1 aliphatic rings. The van der Waals surface area contributed by atoms with Gasteiger partial charge in [0.05, 0.1) is 0 Å². The fourth-order valence-electron chi connectivity index (χ4n) is 2.66. The smallest absolute Gasteiger partial charge is 0.159 e. The predicted octanol–water partition coefficient (Wildman–Crippen LogP) is 2.88. The maximum atomic E-state index is 13.0. The van der Waals surface area contributed by atoms with Gasteiger partial charge in [-0.1, -0.05) is 12.5 Å². The first kappa shape index (κ1) is 11.5. The van der Waals surface area contributed by atoms with E-state index >= 15 is 0 Å². The molecule has 3 heteroatoms. The van der Waals surface area contributed by atoms with Gasteiger partial charge < -0.3 is 5.73 Å². The first-order valence-electron chi connectivity index (χ1n) is 5.84. The molecule has 16 heavy (non-hydrogen) atoms. The van der Waals surface area contributed by atoms with Gasteiger partial charge in [-0.25, -0.2) is 8.78 Å². The zero-order valence-corrected chi connectivity index (χ0v) is 9.26. The first-order valence-corrected chi connectivity index (χ1v) is 5.84. The molecule has 1 aromatic rings. The van der Waals surface area contributed by atoms with Crippen molar-refractivity contribution in [2.75, 3.05) is 6.54 Å². The number of nitrogens with two attached hydrogens (primary N) is 1. The first-order chi connectivity index (χ1) is 7.70. The van der Waals surface area contributed by atoms with Gasteiger partial charge in [0.2, 0.25) is 0 Å². The topological polar surface area (TPSA) is 26.0 Å². The van der Waals surface area contributed by atoms with E-state index in [2.05, 4.69) is 0 Å². The van der Waals surface area contributed by atoms with Gasteiger partial charge in [-0.05, 0) is 55.3 Å². The van der Waals surface area contributed by atoms with Gasteiger partial charge in [0.1, 0.15) is 0 Å². The summed E-state index contributed by atoms with van der Waals surface area (Å²) in [6, 6.07) is 4.18. The Hall–Kier alpha value is -0.960. The Morgan fingerprint density at radius 3 is 2.56 bits per heavy atom. The standard InChI is InChI=1S/C13H17F2N/c14-12-5-4-9(7-13(12)15)6-10-2-1-3-11(10)8-16/h4-5,7,10-11H,1-3,6,8,16H2. The van der Waals surface area contributed by atoms with Crippen molar-refractivity contribution in [2.45, 2.75) is 25.7 Å². The fraction of sp³-hybridized carbons (Fsp3) is 0.538. The van der Waals surface area contributed by atoms with Crippen LogP contribution in [0.1, 0.15) is 24.8 Å². The lowest BCUT2D eigenvalue weighted by molar-refractivity contribution is 0.393. The summed E-state index contributed by atoms with van der Waals surface area (Å²) in [5.74, 6) is -0.437. The summed E-state index contributed by atoms with van der Waals surface area (Å²) in [6.45, 7) is 0.703. The van der Waals surface area contributed by atoms with E-state index < -0.39 is 11.6 Å². The van der Waals surface area contributed by atoms with Crippen molar-refractivity contribution < 1.29 is 8.78 Å². The highest BCUT2D eigenvalue weighted by Crippen LogP contribution is 2.33. The molecule has 2 atom stereocenters. The van der Waals surface area contributed by atoms with Gasteiger partial charge in [-0.15, -0.1) is 0 Å². The normalized spacial score (nSPS) is 24.9. The maximum Gasteiger partial charge on any atom is 0.159 e. The van der Waals surface area contributed by atoms with Crippen LogP contribution in [0.2, 0.25) is 0 Å². The minimum Gasteiger partial charge on any atom is -0.330 e. The van der Waals surface area contributed by atoms with Crippen molar-refractivity contribution in [3.05, 3.63) is 35.4 Å². The summed E-state index contributed by atoms with van der Waals surface area (Å²) in [5, 5.41) is 0. The van der Waals surface area contributed by atoms with E-state index in [0.717, 1.165) is 18.4 Å². The van der Waals surface area contributed by atoms with Crippen molar-refractivity contribution in [1.29, 1.82) is 0 Å². The zero-order valence-electron chi connectivity index (χ0n) is 9.26. The lowest BCUT2D eigenvalue weighted by Gasteiger charge is -2.17. The van der Waals surface area contributed by atoms with Crippen molar-refractivity contribution >= 4 is 0 Å². The van der Waals surface area contributed by atoms with Crippen molar-refractivity contribution in [1.82, 2.24) is 0 Å². The van der Waals surface area contributed by atoms with Gasteiger partial charge in [0, 0.05) is 0 Å². The maximum absolute atomic E-state index is 13.0. The lowest BCUT2D eigenvalue weighted by Crippen LogP contribution is -2.20. The monoisotopic (exact) mass is 225 g/mol. The molecular weight excluding hydrogens is 208 g/mol. The summed E-state index contributed by atoms with van der Waals surface area (Å²) in [4.78, 5) is 0. The highest BCUT2D eigenvalue weighted by atomic mass is 19.2. The van der Waals surface area contributed by atoms with Crippen LogP contribution in [0.4, 0.5) is 8.78 Å². The van der Waals surface area contributed by atoms with Crippen LogP contribution in [0.15, 0.2) is 18.2 Å². The fourth-order valence-corrected chi connectivity index (χ4v) is 2.66. The summed E-state index contributed by atoms with van der Waals surface area (Å²) in [5.41, 5.74) is 6.58. The molecule has 0 aliphatic heterocycles. The molecule has 0 spiro atoms. The molecule has 0 aromatic heterocycles. The lowest BCUT2D eigenvalue weighted by atomic mass is 9.90. The van der Waals surface area contributed by atoms with Crippen LogP contribution in [0, 0.1) is 23.5 Å². The Bertz CT molecular complexity index is 365. The van der Waals surface area contributed by atoms with E-state index in [-0.39, 0.29) is 0 Å². The number of rotatable bonds is 3. The van der Waals surface area contributed by atoms with Gasteiger partial charge in [-0.2, -0.15) is 0 Å². The van der Waals surface area contributed by atoms with Crippen LogP contribution >= 0.6 is 0 Å². The number of benzene rings is 1. The summed E-state index contributed by atoms with van der Waals surface area (Å²) in [7, 11) is 0. The Morgan fingerprint density at radius 2 is 1.88 bits per heavy atom. The predicted molar refractivity (Wildman–Crippen MR) is 59.9 cm³/mol. The highest BCUT2D eigenvalue weighted by Gasteiger charge is 2.26. The molecular formula is C13H17F2N. The minimum atomic E-state index is -0.773. The summed E-state index contributed by atoms with van der Waals surface area (Å²) < 4.78 is 25.8. The number of hydrogen-bond donors (Lipinski definition) is 1. The Labute approximate surface area is 94.7 Å². The molecule has 1 aromatic carbocycles. The molecule has 1 nitrogen and oxygen atoms in total. The third kappa shape index (κ3) is 2.40. The number of hydrogen-bond acceptors (Lipinski definition) is 1. The molecule has 2 rings (SSSR count). The molecule has 0 heterocycles. The van der Waals surface area contributed by atoms with Crippen LogP contribution < -0.4 is 5.73 Å². The molecule has 2 N–H and O–H groups in total. The zero-order chi connectivity index (χ0) is 11.5. The third-order valence-electron chi connectivity index (χ3n) is 3.60. The second-order valence-corrected chi connectivity index (χ2v) is 4.64. The number of halogens is 2. The van der Waals surface area contributed by atoms with Crippen molar-refractivity contribution in [2.24, 2.45) is 17.6 Å². The van der Waals surface area contributed by atoms with Crippen molar-refractivity contribution in [3.8, 4) is 0 Å². The molecule has 1 aliphatic carbocycles. The summed E-state index contributed by atoms with van der Waals surface area (Å²) in [6.07, 6.45) is 4.35. The van der Waals surface area contributed by atoms with E-state index in [9.17, 15) is 8.78 Å². The quantitative estimate of drug-likeness (QED) is 0.841. The molecule has 0 radical (unpaired) electrons. The van der Waals surface area contributed by atoms with Crippen LogP contribution in [0.3, 0.4) is 0 Å². The Morgan fingerprint density at radius 1 is 1.12 bits per heavy atom. The molecule has 0 bridgehead atoms. The SMILES string of the molecule is NCC1CCCC1Cc1ccc(F)c(F)c1. The van der Waals surface area contributed by atoms with E-state index in [0.29, 0.717) is 18.4 Å².